The quantitative estimate of drug-likeness (QED) is 0.613. The van der Waals surface area contributed by atoms with Gasteiger partial charge in [0.2, 0.25) is 0 Å². The van der Waals surface area contributed by atoms with Gasteiger partial charge in [-0.25, -0.2) is 9.48 Å². The summed E-state index contributed by atoms with van der Waals surface area (Å²) >= 11 is 6.56. The summed E-state index contributed by atoms with van der Waals surface area (Å²) in [5.41, 5.74) is 4.26. The van der Waals surface area contributed by atoms with Gasteiger partial charge in [0.15, 0.2) is 0 Å². The maximum atomic E-state index is 13.3. The zero-order valence-electron chi connectivity index (χ0n) is 16.2. The molecule has 1 aromatic heterocycles. The fraction of sp³-hybridized carbons (Fsp3) is 0.227. The van der Waals surface area contributed by atoms with Gasteiger partial charge in [0.25, 0.3) is 5.91 Å². The highest BCUT2D eigenvalue weighted by molar-refractivity contribution is 6.34. The normalized spacial score (nSPS) is 12.7. The lowest BCUT2D eigenvalue weighted by molar-refractivity contribution is 0.0600. The maximum Gasteiger partial charge on any atom is 0.337 e. The molecule has 4 rings (SSSR count). The SMILES string of the molecule is COC(=O)c1ccc2c(c1)CCN2C(=O)c1c(C)nn(Cc2ccccc2)c1Cl. The number of halogens is 1. The van der Waals surface area contributed by atoms with Gasteiger partial charge >= 0.3 is 5.97 Å². The van der Waals surface area contributed by atoms with Crippen LogP contribution in [0.25, 0.3) is 0 Å². The molecule has 1 aliphatic rings. The van der Waals surface area contributed by atoms with Crippen LogP contribution < -0.4 is 4.90 Å². The second kappa shape index (κ2) is 7.72. The van der Waals surface area contributed by atoms with Crippen molar-refractivity contribution < 1.29 is 14.3 Å². The van der Waals surface area contributed by atoms with Crippen molar-refractivity contribution in [1.29, 1.82) is 0 Å². The van der Waals surface area contributed by atoms with E-state index < -0.39 is 5.97 Å². The molecule has 0 radical (unpaired) electrons. The van der Waals surface area contributed by atoms with Crippen molar-refractivity contribution >= 4 is 29.2 Å². The highest BCUT2D eigenvalue weighted by Crippen LogP contribution is 2.32. The average molecular weight is 410 g/mol. The number of hydrogen-bond donors (Lipinski definition) is 0. The molecule has 0 saturated carbocycles. The summed E-state index contributed by atoms with van der Waals surface area (Å²) in [7, 11) is 1.35. The lowest BCUT2D eigenvalue weighted by Gasteiger charge is -2.17. The molecule has 148 valence electrons. The molecular weight excluding hydrogens is 390 g/mol. The van der Waals surface area contributed by atoms with Crippen LogP contribution in [-0.2, 0) is 17.7 Å². The maximum absolute atomic E-state index is 13.3. The number of hydrogen-bond acceptors (Lipinski definition) is 4. The lowest BCUT2D eigenvalue weighted by atomic mass is 10.1. The van der Waals surface area contributed by atoms with Crippen molar-refractivity contribution in [3.8, 4) is 0 Å². The first kappa shape index (κ1) is 19.2. The Hall–Kier alpha value is -3.12. The number of aryl methyl sites for hydroxylation is 1. The minimum absolute atomic E-state index is 0.184. The topological polar surface area (TPSA) is 64.4 Å². The van der Waals surface area contributed by atoms with Gasteiger partial charge in [0.1, 0.15) is 5.15 Å². The van der Waals surface area contributed by atoms with Gasteiger partial charge in [-0.2, -0.15) is 5.10 Å². The van der Waals surface area contributed by atoms with E-state index in [-0.39, 0.29) is 5.91 Å². The van der Waals surface area contributed by atoms with Gasteiger partial charge in [0.05, 0.1) is 30.5 Å². The van der Waals surface area contributed by atoms with Crippen molar-refractivity contribution in [2.24, 2.45) is 0 Å². The Morgan fingerprint density at radius 3 is 2.66 bits per heavy atom. The molecule has 0 unspecified atom stereocenters. The van der Waals surface area contributed by atoms with Gasteiger partial charge in [-0.1, -0.05) is 41.9 Å². The molecule has 0 spiro atoms. The molecule has 1 amide bonds. The third-order valence-corrected chi connectivity index (χ3v) is 5.48. The molecule has 0 aliphatic carbocycles. The van der Waals surface area contributed by atoms with Crippen LogP contribution in [0.5, 0.6) is 0 Å². The van der Waals surface area contributed by atoms with Crippen LogP contribution in [0.3, 0.4) is 0 Å². The van der Waals surface area contributed by atoms with Crippen molar-refractivity contribution in [1.82, 2.24) is 9.78 Å². The summed E-state index contributed by atoms with van der Waals surface area (Å²) in [6, 6.07) is 15.1. The zero-order valence-corrected chi connectivity index (χ0v) is 16.9. The average Bonchev–Trinajstić information content (AvgIpc) is 3.28. The number of anilines is 1. The number of rotatable bonds is 4. The largest absolute Gasteiger partial charge is 0.465 e. The van der Waals surface area contributed by atoms with Gasteiger partial charge in [-0.15, -0.1) is 0 Å². The van der Waals surface area contributed by atoms with Crippen LogP contribution in [0.1, 0.15) is 37.5 Å². The number of esters is 1. The van der Waals surface area contributed by atoms with Gasteiger partial charge in [-0.05, 0) is 42.7 Å². The molecule has 3 aromatic rings. The van der Waals surface area contributed by atoms with Gasteiger partial charge in [0, 0.05) is 12.2 Å². The van der Waals surface area contributed by atoms with Crippen LogP contribution in [0.15, 0.2) is 48.5 Å². The molecule has 0 N–H and O–H groups in total. The number of ether oxygens (including phenoxy) is 1. The standard InChI is InChI=1S/C22H20ClN3O3/c1-14-19(20(23)26(24-14)13-15-6-4-3-5-7-15)21(27)25-11-10-16-12-17(22(28)29-2)8-9-18(16)25/h3-9,12H,10-11,13H2,1-2H3. The van der Waals surface area contributed by atoms with Crippen LogP contribution in [0, 0.1) is 6.92 Å². The first-order valence-corrected chi connectivity index (χ1v) is 9.67. The predicted molar refractivity (Wildman–Crippen MR) is 111 cm³/mol. The molecule has 0 saturated heterocycles. The van der Waals surface area contributed by atoms with E-state index in [0.717, 1.165) is 16.8 Å². The highest BCUT2D eigenvalue weighted by atomic mass is 35.5. The number of aromatic nitrogens is 2. The molecule has 2 aromatic carbocycles. The first-order valence-electron chi connectivity index (χ1n) is 9.29. The van der Waals surface area contributed by atoms with E-state index in [4.69, 9.17) is 16.3 Å². The Morgan fingerprint density at radius 1 is 1.17 bits per heavy atom. The monoisotopic (exact) mass is 409 g/mol. The second-order valence-electron chi connectivity index (χ2n) is 6.94. The Kier molecular flexibility index (Phi) is 5.11. The van der Waals surface area contributed by atoms with E-state index in [0.29, 0.717) is 41.5 Å². The van der Waals surface area contributed by atoms with Crippen molar-refractivity contribution in [3.05, 3.63) is 81.6 Å². The van der Waals surface area contributed by atoms with Crippen molar-refractivity contribution in [3.63, 3.8) is 0 Å². The Balaban J connectivity index is 1.63. The van der Waals surface area contributed by atoms with E-state index >= 15 is 0 Å². The van der Waals surface area contributed by atoms with Gasteiger partial charge in [-0.3, -0.25) is 4.79 Å². The summed E-state index contributed by atoms with van der Waals surface area (Å²) in [4.78, 5) is 26.7. The minimum atomic E-state index is -0.390. The molecule has 1 aliphatic heterocycles. The molecular formula is C22H20ClN3O3. The van der Waals surface area contributed by atoms with E-state index in [1.54, 1.807) is 34.7 Å². The number of methoxy groups -OCH3 is 1. The molecule has 0 fully saturated rings. The molecule has 2 heterocycles. The van der Waals surface area contributed by atoms with E-state index in [2.05, 4.69) is 5.10 Å². The highest BCUT2D eigenvalue weighted by Gasteiger charge is 2.30. The molecule has 6 nitrogen and oxygen atoms in total. The molecule has 0 bridgehead atoms. The van der Waals surface area contributed by atoms with Crippen LogP contribution in [-0.4, -0.2) is 35.3 Å². The Morgan fingerprint density at radius 2 is 1.93 bits per heavy atom. The number of carbonyl (C=O) groups excluding carboxylic acids is 2. The predicted octanol–water partition coefficient (Wildman–Crippen LogP) is 3.88. The zero-order chi connectivity index (χ0) is 20.5. The Labute approximate surface area is 173 Å². The third-order valence-electron chi connectivity index (χ3n) is 5.10. The van der Waals surface area contributed by atoms with Crippen LogP contribution >= 0.6 is 11.6 Å². The number of fused-ring (bicyclic) bond motifs is 1. The van der Waals surface area contributed by atoms with Crippen molar-refractivity contribution in [2.45, 2.75) is 19.9 Å². The number of amides is 1. The third kappa shape index (κ3) is 3.51. The number of carbonyl (C=O) groups is 2. The van der Waals surface area contributed by atoms with Gasteiger partial charge < -0.3 is 9.64 Å². The number of benzene rings is 2. The summed E-state index contributed by atoms with van der Waals surface area (Å²) < 4.78 is 6.42. The number of nitrogens with zero attached hydrogens (tertiary/aromatic N) is 3. The van der Waals surface area contributed by atoms with Crippen molar-refractivity contribution in [2.75, 3.05) is 18.6 Å². The lowest BCUT2D eigenvalue weighted by Crippen LogP contribution is -2.29. The second-order valence-corrected chi connectivity index (χ2v) is 7.29. The fourth-order valence-electron chi connectivity index (χ4n) is 3.65. The van der Waals surface area contributed by atoms with E-state index in [1.807, 2.05) is 30.3 Å². The minimum Gasteiger partial charge on any atom is -0.465 e. The summed E-state index contributed by atoms with van der Waals surface area (Å²) in [5, 5.41) is 4.81. The van der Waals surface area contributed by atoms with E-state index in [9.17, 15) is 9.59 Å². The molecule has 7 heteroatoms. The first-order chi connectivity index (χ1) is 14.0. The Bertz CT molecular complexity index is 1090. The summed E-state index contributed by atoms with van der Waals surface area (Å²) in [6.07, 6.45) is 0.667. The molecule has 0 atom stereocenters. The smallest absolute Gasteiger partial charge is 0.337 e. The molecule has 29 heavy (non-hydrogen) atoms. The van der Waals surface area contributed by atoms with Crippen LogP contribution in [0.4, 0.5) is 5.69 Å². The summed E-state index contributed by atoms with van der Waals surface area (Å²) in [6.45, 7) is 2.81. The van der Waals surface area contributed by atoms with E-state index in [1.165, 1.54) is 7.11 Å². The summed E-state index contributed by atoms with van der Waals surface area (Å²) in [5.74, 6) is -0.574. The van der Waals surface area contributed by atoms with Crippen LogP contribution in [0.2, 0.25) is 5.15 Å². The fourth-order valence-corrected chi connectivity index (χ4v) is 3.97.